The van der Waals surface area contributed by atoms with Crippen molar-refractivity contribution >= 4 is 0 Å². The molecule has 1 aromatic rings. The van der Waals surface area contributed by atoms with Crippen LogP contribution in [0.3, 0.4) is 0 Å². The number of benzene rings is 1. The molecule has 0 bridgehead atoms. The van der Waals surface area contributed by atoms with Crippen molar-refractivity contribution in [3.8, 4) is 0 Å². The van der Waals surface area contributed by atoms with Gasteiger partial charge in [-0.25, -0.2) is 13.2 Å². The van der Waals surface area contributed by atoms with Crippen LogP contribution >= 0.6 is 0 Å². The lowest BCUT2D eigenvalue weighted by Gasteiger charge is -2.36. The molecule has 1 N–H and O–H groups in total. The van der Waals surface area contributed by atoms with Gasteiger partial charge in [-0.2, -0.15) is 0 Å². The summed E-state index contributed by atoms with van der Waals surface area (Å²) in [7, 11) is 1.53. The lowest BCUT2D eigenvalue weighted by Crippen LogP contribution is -2.42. The molecule has 20 heavy (non-hydrogen) atoms. The average molecular weight is 289 g/mol. The van der Waals surface area contributed by atoms with Crippen molar-refractivity contribution in [2.24, 2.45) is 5.41 Å². The molecule has 0 saturated carbocycles. The molecule has 0 aliphatic rings. The zero-order valence-corrected chi connectivity index (χ0v) is 12.6. The van der Waals surface area contributed by atoms with Crippen molar-refractivity contribution in [1.82, 2.24) is 5.32 Å². The molecule has 114 valence electrons. The number of hydrogen-bond acceptors (Lipinski definition) is 2. The molecule has 2 nitrogen and oxygen atoms in total. The van der Waals surface area contributed by atoms with Gasteiger partial charge in [0, 0.05) is 12.7 Å². The van der Waals surface area contributed by atoms with Gasteiger partial charge in [-0.15, -0.1) is 0 Å². The first-order valence-corrected chi connectivity index (χ1v) is 6.63. The standard InChI is InChI=1S/C15H22F3NO/c1-6-19-13(14(20-5)15(2,3)4)9-7-8-10(16)12(18)11(9)17/h7-8,13-14,19H,6H2,1-5H3. The largest absolute Gasteiger partial charge is 0.379 e. The minimum Gasteiger partial charge on any atom is -0.379 e. The van der Waals surface area contributed by atoms with Crippen LogP contribution in [0, 0.1) is 22.9 Å². The zero-order valence-electron chi connectivity index (χ0n) is 12.6. The van der Waals surface area contributed by atoms with Gasteiger partial charge in [0.05, 0.1) is 12.1 Å². The molecule has 2 unspecified atom stereocenters. The van der Waals surface area contributed by atoms with Gasteiger partial charge in [0.25, 0.3) is 0 Å². The van der Waals surface area contributed by atoms with Crippen LogP contribution in [0.5, 0.6) is 0 Å². The van der Waals surface area contributed by atoms with Crippen molar-refractivity contribution in [3.05, 3.63) is 35.1 Å². The first kappa shape index (κ1) is 17.0. The summed E-state index contributed by atoms with van der Waals surface area (Å²) in [6.07, 6.45) is -0.387. The molecule has 0 fully saturated rings. The number of likely N-dealkylation sites (N-methyl/N-ethyl adjacent to an activating group) is 1. The number of nitrogens with one attached hydrogen (secondary N) is 1. The van der Waals surface area contributed by atoms with Crippen LogP contribution in [0.1, 0.15) is 39.3 Å². The summed E-state index contributed by atoms with van der Waals surface area (Å²) in [5, 5.41) is 3.09. The summed E-state index contributed by atoms with van der Waals surface area (Å²) >= 11 is 0. The molecule has 1 rings (SSSR count). The summed E-state index contributed by atoms with van der Waals surface area (Å²) in [4.78, 5) is 0. The fraction of sp³-hybridized carbons (Fsp3) is 0.600. The highest BCUT2D eigenvalue weighted by Gasteiger charge is 2.35. The third kappa shape index (κ3) is 3.52. The Balaban J connectivity index is 3.30. The van der Waals surface area contributed by atoms with Gasteiger partial charge in [-0.05, 0) is 18.0 Å². The lowest BCUT2D eigenvalue weighted by molar-refractivity contribution is -0.0125. The van der Waals surface area contributed by atoms with Crippen molar-refractivity contribution in [2.75, 3.05) is 13.7 Å². The van der Waals surface area contributed by atoms with Gasteiger partial charge < -0.3 is 10.1 Å². The van der Waals surface area contributed by atoms with Crippen LogP contribution in [0.15, 0.2) is 12.1 Å². The number of halogens is 3. The Morgan fingerprint density at radius 2 is 1.75 bits per heavy atom. The Hall–Kier alpha value is -1.07. The molecule has 0 aliphatic carbocycles. The molecule has 2 atom stereocenters. The normalized spacial score (nSPS) is 15.2. The molecule has 1 aromatic carbocycles. The van der Waals surface area contributed by atoms with Gasteiger partial charge >= 0.3 is 0 Å². The van der Waals surface area contributed by atoms with Crippen LogP contribution in [0.25, 0.3) is 0 Å². The summed E-state index contributed by atoms with van der Waals surface area (Å²) in [5.74, 6) is -3.80. The van der Waals surface area contributed by atoms with Crippen molar-refractivity contribution in [1.29, 1.82) is 0 Å². The highest BCUT2D eigenvalue weighted by atomic mass is 19.2. The van der Waals surface area contributed by atoms with Gasteiger partial charge in [-0.1, -0.05) is 33.8 Å². The molecule has 0 amide bonds. The monoisotopic (exact) mass is 289 g/mol. The quantitative estimate of drug-likeness (QED) is 0.832. The first-order valence-electron chi connectivity index (χ1n) is 6.63. The molecular formula is C15H22F3NO. The molecule has 0 radical (unpaired) electrons. The minimum absolute atomic E-state index is 0.0764. The van der Waals surface area contributed by atoms with E-state index in [9.17, 15) is 13.2 Å². The number of methoxy groups -OCH3 is 1. The van der Waals surface area contributed by atoms with Crippen molar-refractivity contribution < 1.29 is 17.9 Å². The van der Waals surface area contributed by atoms with Crippen molar-refractivity contribution in [2.45, 2.75) is 39.8 Å². The smallest absolute Gasteiger partial charge is 0.194 e. The van der Waals surface area contributed by atoms with Gasteiger partial charge in [0.2, 0.25) is 0 Å². The topological polar surface area (TPSA) is 21.3 Å². The van der Waals surface area contributed by atoms with E-state index in [1.54, 1.807) is 0 Å². The fourth-order valence-corrected chi connectivity index (χ4v) is 2.37. The second-order valence-electron chi connectivity index (χ2n) is 5.82. The Kier molecular flexibility index (Phi) is 5.59. The predicted molar refractivity (Wildman–Crippen MR) is 73.0 cm³/mol. The van der Waals surface area contributed by atoms with Gasteiger partial charge in [-0.3, -0.25) is 0 Å². The Bertz CT molecular complexity index is 457. The predicted octanol–water partition coefficient (Wildman–Crippen LogP) is 3.82. The molecule has 0 saturated heterocycles. The number of rotatable bonds is 5. The van der Waals surface area contributed by atoms with E-state index >= 15 is 0 Å². The molecule has 0 spiro atoms. The van der Waals surface area contributed by atoms with Crippen LogP contribution in [0.4, 0.5) is 13.2 Å². The maximum Gasteiger partial charge on any atom is 0.194 e. The summed E-state index contributed by atoms with van der Waals surface area (Å²) < 4.78 is 46.0. The Labute approximate surface area is 118 Å². The first-order chi connectivity index (χ1) is 9.23. The highest BCUT2D eigenvalue weighted by molar-refractivity contribution is 5.25. The second kappa shape index (κ2) is 6.59. The van der Waals surface area contributed by atoms with E-state index in [-0.39, 0.29) is 17.1 Å². The van der Waals surface area contributed by atoms with E-state index in [1.165, 1.54) is 13.2 Å². The zero-order chi connectivity index (χ0) is 15.5. The Morgan fingerprint density at radius 1 is 1.15 bits per heavy atom. The van der Waals surface area contributed by atoms with E-state index < -0.39 is 23.5 Å². The average Bonchev–Trinajstić information content (AvgIpc) is 2.35. The maximum atomic E-state index is 14.0. The molecule has 0 aliphatic heterocycles. The number of hydrogen-bond donors (Lipinski definition) is 1. The third-order valence-corrected chi connectivity index (χ3v) is 3.23. The summed E-state index contributed by atoms with van der Waals surface area (Å²) in [6, 6.07) is 1.65. The Morgan fingerprint density at radius 3 is 2.20 bits per heavy atom. The van der Waals surface area contributed by atoms with E-state index in [2.05, 4.69) is 5.32 Å². The van der Waals surface area contributed by atoms with Crippen LogP contribution in [-0.2, 0) is 4.74 Å². The van der Waals surface area contributed by atoms with E-state index in [0.717, 1.165) is 6.07 Å². The molecule has 0 aromatic heterocycles. The highest BCUT2D eigenvalue weighted by Crippen LogP contribution is 2.34. The second-order valence-corrected chi connectivity index (χ2v) is 5.82. The molecular weight excluding hydrogens is 267 g/mol. The summed E-state index contributed by atoms with van der Waals surface area (Å²) in [6.45, 7) is 8.26. The lowest BCUT2D eigenvalue weighted by atomic mass is 9.81. The minimum atomic E-state index is -1.45. The van der Waals surface area contributed by atoms with Crippen LogP contribution in [-0.4, -0.2) is 19.8 Å². The maximum absolute atomic E-state index is 14.0. The molecule has 0 heterocycles. The van der Waals surface area contributed by atoms with Crippen LogP contribution in [0.2, 0.25) is 0 Å². The van der Waals surface area contributed by atoms with E-state index in [1.807, 2.05) is 27.7 Å². The van der Waals surface area contributed by atoms with E-state index in [4.69, 9.17) is 4.74 Å². The van der Waals surface area contributed by atoms with Crippen LogP contribution < -0.4 is 5.32 Å². The fourth-order valence-electron chi connectivity index (χ4n) is 2.37. The van der Waals surface area contributed by atoms with Gasteiger partial charge in [0.1, 0.15) is 0 Å². The molecule has 5 heteroatoms. The summed E-state index contributed by atoms with van der Waals surface area (Å²) in [5.41, 5.74) is -0.216. The van der Waals surface area contributed by atoms with Gasteiger partial charge in [0.15, 0.2) is 17.5 Å². The van der Waals surface area contributed by atoms with Crippen molar-refractivity contribution in [3.63, 3.8) is 0 Å². The third-order valence-electron chi connectivity index (χ3n) is 3.23. The number of ether oxygens (including phenoxy) is 1. The van der Waals surface area contributed by atoms with E-state index in [0.29, 0.717) is 6.54 Å². The SMILES string of the molecule is CCNC(c1ccc(F)c(F)c1F)C(OC)C(C)(C)C.